The Morgan fingerprint density at radius 2 is 1.94 bits per heavy atom. The quantitative estimate of drug-likeness (QED) is 0.379. The number of aromatic nitrogens is 2. The summed E-state index contributed by atoms with van der Waals surface area (Å²) < 4.78 is 61.6. The number of fused-ring (bicyclic) bond motifs is 1. The van der Waals surface area contributed by atoms with Crippen LogP contribution in [0.25, 0.3) is 5.65 Å². The van der Waals surface area contributed by atoms with Crippen molar-refractivity contribution in [3.8, 4) is 5.75 Å². The van der Waals surface area contributed by atoms with Crippen LogP contribution in [0.4, 0.5) is 17.6 Å². The first kappa shape index (κ1) is 23.5. The molecule has 3 aromatic rings. The zero-order valence-electron chi connectivity index (χ0n) is 17.6. The number of pyridine rings is 1. The Hall–Kier alpha value is -3.14. The molecule has 0 saturated heterocycles. The Bertz CT molecular complexity index is 1110. The molecule has 0 aliphatic heterocycles. The molecule has 1 aromatic carbocycles. The number of imidazole rings is 1. The van der Waals surface area contributed by atoms with E-state index in [-0.39, 0.29) is 29.8 Å². The number of unbranched alkanes of at least 4 members (excludes halogenated alkanes) is 1. The van der Waals surface area contributed by atoms with E-state index in [1.807, 2.05) is 6.92 Å². The fraction of sp³-hybridized carbons (Fsp3) is 0.364. The van der Waals surface area contributed by atoms with Crippen molar-refractivity contribution < 1.29 is 32.2 Å². The van der Waals surface area contributed by atoms with Crippen molar-refractivity contribution >= 4 is 11.6 Å². The van der Waals surface area contributed by atoms with Crippen molar-refractivity contribution in [1.29, 1.82) is 0 Å². The van der Waals surface area contributed by atoms with E-state index in [1.54, 1.807) is 13.1 Å². The van der Waals surface area contributed by atoms with Gasteiger partial charge in [0.15, 0.2) is 34.7 Å². The minimum Gasteiger partial charge on any atom is -0.485 e. The van der Waals surface area contributed by atoms with Gasteiger partial charge in [-0.15, -0.1) is 0 Å². The molecule has 6 nitrogen and oxygen atoms in total. The molecule has 0 aliphatic carbocycles. The first-order chi connectivity index (χ1) is 15.3. The minimum absolute atomic E-state index is 0.0582. The predicted molar refractivity (Wildman–Crippen MR) is 108 cm³/mol. The summed E-state index contributed by atoms with van der Waals surface area (Å²) in [7, 11) is 0. The van der Waals surface area contributed by atoms with Crippen molar-refractivity contribution in [2.75, 3.05) is 6.61 Å². The number of hydrogen-bond acceptors (Lipinski definition) is 4. The number of amides is 1. The van der Waals surface area contributed by atoms with Gasteiger partial charge in [0, 0.05) is 12.3 Å². The molecule has 0 radical (unpaired) electrons. The maximum atomic E-state index is 13.9. The first-order valence-electron chi connectivity index (χ1n) is 10.1. The van der Waals surface area contributed by atoms with E-state index >= 15 is 0 Å². The van der Waals surface area contributed by atoms with Gasteiger partial charge >= 0.3 is 0 Å². The molecule has 2 N–H and O–H groups in total. The van der Waals surface area contributed by atoms with Gasteiger partial charge in [-0.05, 0) is 25.5 Å². The molecule has 2 aromatic heterocycles. The minimum atomic E-state index is -1.54. The molecule has 0 unspecified atom stereocenters. The maximum absolute atomic E-state index is 13.9. The summed E-state index contributed by atoms with van der Waals surface area (Å²) in [6.45, 7) is 2.61. The number of nitrogens with one attached hydrogen (secondary N) is 1. The van der Waals surface area contributed by atoms with E-state index in [0.717, 1.165) is 12.8 Å². The molecule has 32 heavy (non-hydrogen) atoms. The molecular formula is C22H23F4N3O3. The van der Waals surface area contributed by atoms with E-state index < -0.39 is 47.4 Å². The number of carbonyl (C=O) groups is 1. The number of aliphatic hydroxyl groups is 1. The Morgan fingerprint density at radius 1 is 1.25 bits per heavy atom. The van der Waals surface area contributed by atoms with Gasteiger partial charge in [0.1, 0.15) is 12.3 Å². The predicted octanol–water partition coefficient (Wildman–Crippen LogP) is 4.06. The van der Waals surface area contributed by atoms with Gasteiger partial charge in [0.05, 0.1) is 23.9 Å². The van der Waals surface area contributed by atoms with Crippen LogP contribution >= 0.6 is 0 Å². The summed E-state index contributed by atoms with van der Waals surface area (Å²) in [4.78, 5) is 17.1. The molecule has 0 bridgehead atoms. The third-order valence-electron chi connectivity index (χ3n) is 5.04. The SMILES string of the molecule is CCCC[C@H](CO)NC(=O)c1c(C)nc2c(OCc3c(F)c(F)cc(F)c3F)cccn12. The van der Waals surface area contributed by atoms with Crippen molar-refractivity contribution in [2.45, 2.75) is 45.8 Å². The fourth-order valence-corrected chi connectivity index (χ4v) is 3.35. The topological polar surface area (TPSA) is 75.9 Å². The van der Waals surface area contributed by atoms with E-state index in [2.05, 4.69) is 10.3 Å². The van der Waals surface area contributed by atoms with Crippen molar-refractivity contribution in [3.63, 3.8) is 0 Å². The fourth-order valence-electron chi connectivity index (χ4n) is 3.35. The monoisotopic (exact) mass is 453 g/mol. The lowest BCUT2D eigenvalue weighted by Gasteiger charge is -2.16. The lowest BCUT2D eigenvalue weighted by Crippen LogP contribution is -2.38. The Labute approximate surface area is 181 Å². The number of nitrogens with zero attached hydrogens (tertiary/aromatic N) is 2. The van der Waals surface area contributed by atoms with Crippen LogP contribution in [0.3, 0.4) is 0 Å². The van der Waals surface area contributed by atoms with Crippen LogP contribution in [-0.2, 0) is 6.61 Å². The number of aliphatic hydroxyl groups excluding tert-OH is 1. The highest BCUT2D eigenvalue weighted by Crippen LogP contribution is 2.25. The average Bonchev–Trinajstić information content (AvgIpc) is 3.11. The third kappa shape index (κ3) is 4.69. The van der Waals surface area contributed by atoms with E-state index in [1.165, 1.54) is 16.5 Å². The van der Waals surface area contributed by atoms with Crippen molar-refractivity contribution in [1.82, 2.24) is 14.7 Å². The second-order valence-corrected chi connectivity index (χ2v) is 7.34. The molecule has 1 amide bonds. The lowest BCUT2D eigenvalue weighted by molar-refractivity contribution is 0.0905. The summed E-state index contributed by atoms with van der Waals surface area (Å²) in [5.74, 6) is -6.54. The number of carbonyl (C=O) groups excluding carboxylic acids is 1. The molecule has 0 fully saturated rings. The van der Waals surface area contributed by atoms with Crippen LogP contribution in [-0.4, -0.2) is 33.0 Å². The van der Waals surface area contributed by atoms with Crippen molar-refractivity contribution in [2.24, 2.45) is 0 Å². The van der Waals surface area contributed by atoms with Gasteiger partial charge in [-0.25, -0.2) is 22.5 Å². The zero-order chi connectivity index (χ0) is 23.4. The highest BCUT2D eigenvalue weighted by molar-refractivity contribution is 5.95. The number of benzene rings is 1. The Kier molecular flexibility index (Phi) is 7.34. The third-order valence-corrected chi connectivity index (χ3v) is 5.04. The van der Waals surface area contributed by atoms with Gasteiger partial charge in [-0.3, -0.25) is 9.20 Å². The number of aryl methyl sites for hydroxylation is 1. The van der Waals surface area contributed by atoms with E-state index in [0.29, 0.717) is 12.1 Å². The lowest BCUT2D eigenvalue weighted by atomic mass is 10.1. The van der Waals surface area contributed by atoms with Crippen LogP contribution in [0.5, 0.6) is 5.75 Å². The highest BCUT2D eigenvalue weighted by atomic mass is 19.2. The summed E-state index contributed by atoms with van der Waals surface area (Å²) in [5, 5.41) is 12.3. The van der Waals surface area contributed by atoms with E-state index in [4.69, 9.17) is 4.74 Å². The maximum Gasteiger partial charge on any atom is 0.270 e. The summed E-state index contributed by atoms with van der Waals surface area (Å²) >= 11 is 0. The normalized spacial score (nSPS) is 12.2. The molecular weight excluding hydrogens is 430 g/mol. The van der Waals surface area contributed by atoms with Crippen LogP contribution in [0.1, 0.15) is 47.9 Å². The summed E-state index contributed by atoms with van der Waals surface area (Å²) in [6.07, 6.45) is 3.92. The number of halogens is 4. The molecule has 3 rings (SSSR count). The highest BCUT2D eigenvalue weighted by Gasteiger charge is 2.23. The van der Waals surface area contributed by atoms with Crippen LogP contribution < -0.4 is 10.1 Å². The zero-order valence-corrected chi connectivity index (χ0v) is 17.6. The molecule has 0 saturated carbocycles. The van der Waals surface area contributed by atoms with Gasteiger partial charge in [-0.2, -0.15) is 0 Å². The first-order valence-corrected chi connectivity index (χ1v) is 10.1. The largest absolute Gasteiger partial charge is 0.485 e. The van der Waals surface area contributed by atoms with Gasteiger partial charge < -0.3 is 15.2 Å². The molecule has 1 atom stereocenters. The van der Waals surface area contributed by atoms with Gasteiger partial charge in [0.2, 0.25) is 0 Å². The standard InChI is InChI=1S/C22H23F4N3O3/c1-3-4-6-13(10-30)28-22(31)20-12(2)27-21-17(7-5-8-29(20)21)32-11-14-18(25)15(23)9-16(24)19(14)26/h5,7-9,13,30H,3-4,6,10-11H2,1-2H3,(H,28,31)/t13-/m1/s1. The van der Waals surface area contributed by atoms with Crippen LogP contribution in [0.15, 0.2) is 24.4 Å². The Morgan fingerprint density at radius 3 is 2.56 bits per heavy atom. The van der Waals surface area contributed by atoms with Crippen LogP contribution in [0.2, 0.25) is 0 Å². The smallest absolute Gasteiger partial charge is 0.270 e. The Balaban J connectivity index is 1.88. The van der Waals surface area contributed by atoms with Gasteiger partial charge in [-0.1, -0.05) is 19.8 Å². The molecule has 2 heterocycles. The second kappa shape index (κ2) is 9.99. The summed E-state index contributed by atoms with van der Waals surface area (Å²) in [6, 6.07) is 2.69. The summed E-state index contributed by atoms with van der Waals surface area (Å²) in [5.41, 5.74) is -0.149. The molecule has 10 heteroatoms. The molecule has 0 aliphatic rings. The number of ether oxygens (including phenoxy) is 1. The molecule has 172 valence electrons. The number of hydrogen-bond donors (Lipinski definition) is 2. The van der Waals surface area contributed by atoms with Gasteiger partial charge in [0.25, 0.3) is 5.91 Å². The van der Waals surface area contributed by atoms with E-state index in [9.17, 15) is 27.5 Å². The van der Waals surface area contributed by atoms with Crippen LogP contribution in [0, 0.1) is 30.2 Å². The average molecular weight is 453 g/mol. The van der Waals surface area contributed by atoms with Crippen molar-refractivity contribution in [3.05, 3.63) is 64.6 Å². The second-order valence-electron chi connectivity index (χ2n) is 7.34. The number of rotatable bonds is 9. The molecule has 0 spiro atoms.